The number of amides is 2. The van der Waals surface area contributed by atoms with Crippen LogP contribution in [0, 0.1) is 0 Å². The lowest BCUT2D eigenvalue weighted by molar-refractivity contribution is 0.0796. The van der Waals surface area contributed by atoms with Crippen LogP contribution >= 0.6 is 0 Å². The summed E-state index contributed by atoms with van der Waals surface area (Å²) in [5.41, 5.74) is 9.11. The number of fused-ring (bicyclic) bond motifs is 1. The molecule has 0 saturated carbocycles. The molecule has 0 fully saturated rings. The first-order valence-electron chi connectivity index (χ1n) is 10.4. The van der Waals surface area contributed by atoms with E-state index in [-0.39, 0.29) is 18.5 Å². The summed E-state index contributed by atoms with van der Waals surface area (Å²) in [5, 5.41) is 0. The van der Waals surface area contributed by atoms with E-state index in [1.807, 2.05) is 0 Å². The summed E-state index contributed by atoms with van der Waals surface area (Å²) in [6, 6.07) is 15.0. The third kappa shape index (κ3) is 4.61. The fourth-order valence-electron chi connectivity index (χ4n) is 3.60. The summed E-state index contributed by atoms with van der Waals surface area (Å²) in [6.45, 7) is -0.572. The normalized spacial score (nSPS) is 13.5. The van der Waals surface area contributed by atoms with E-state index < -0.39 is 13.0 Å². The number of alkyl halides is 2. The van der Waals surface area contributed by atoms with E-state index >= 15 is 0 Å². The third-order valence-electron chi connectivity index (χ3n) is 5.23. The first-order valence-corrected chi connectivity index (χ1v) is 10.4. The average Bonchev–Trinajstić information content (AvgIpc) is 2.84. The summed E-state index contributed by atoms with van der Waals surface area (Å²) in [7, 11) is 3.18. The van der Waals surface area contributed by atoms with Gasteiger partial charge >= 0.3 is 6.03 Å². The van der Waals surface area contributed by atoms with Gasteiger partial charge in [-0.3, -0.25) is 9.89 Å². The largest absolute Gasteiger partial charge is 0.497 e. The fraction of sp³-hybridized carbons (Fsp3) is 0.208. The Morgan fingerprint density at radius 2 is 1.88 bits per heavy atom. The van der Waals surface area contributed by atoms with Gasteiger partial charge in [-0.1, -0.05) is 0 Å². The standard InChI is InChI=1S/C24H23F2N5O3/c1-28-12-16-11-18(6-9-20(16)27)30-13-15-3-10-22(34-14-21(25)26)29-23(15)31(24(30)32)17-4-7-19(33-2)8-5-17/h3-12,21H,13-14,27H2,1-2H3. The maximum atomic E-state index is 13.7. The van der Waals surface area contributed by atoms with Crippen LogP contribution in [0.5, 0.6) is 11.6 Å². The minimum atomic E-state index is -2.64. The highest BCUT2D eigenvalue weighted by molar-refractivity contribution is 6.10. The summed E-state index contributed by atoms with van der Waals surface area (Å²) < 4.78 is 35.6. The van der Waals surface area contributed by atoms with Gasteiger partial charge in [-0.25, -0.2) is 18.5 Å². The van der Waals surface area contributed by atoms with Crippen molar-refractivity contribution in [1.29, 1.82) is 0 Å². The van der Waals surface area contributed by atoms with Crippen LogP contribution in [0.2, 0.25) is 0 Å². The Morgan fingerprint density at radius 1 is 1.15 bits per heavy atom. The Balaban J connectivity index is 1.79. The van der Waals surface area contributed by atoms with Crippen LogP contribution in [-0.4, -0.2) is 44.4 Å². The van der Waals surface area contributed by atoms with Crippen molar-refractivity contribution in [2.45, 2.75) is 13.0 Å². The highest BCUT2D eigenvalue weighted by Gasteiger charge is 2.34. The van der Waals surface area contributed by atoms with Gasteiger partial charge in [0.1, 0.15) is 11.6 Å². The van der Waals surface area contributed by atoms with E-state index in [2.05, 4.69) is 9.98 Å². The van der Waals surface area contributed by atoms with Crippen molar-refractivity contribution in [2.75, 3.05) is 36.3 Å². The van der Waals surface area contributed by atoms with Gasteiger partial charge in [0.25, 0.3) is 6.43 Å². The number of rotatable bonds is 7. The lowest BCUT2D eigenvalue weighted by Gasteiger charge is -2.36. The molecule has 3 aromatic rings. The molecule has 10 heteroatoms. The maximum Gasteiger partial charge on any atom is 0.335 e. The predicted octanol–water partition coefficient (Wildman–Crippen LogP) is 4.64. The van der Waals surface area contributed by atoms with Crippen molar-refractivity contribution >= 4 is 35.1 Å². The number of nitrogen functional groups attached to an aromatic ring is 1. The second kappa shape index (κ2) is 9.74. The van der Waals surface area contributed by atoms with E-state index in [4.69, 9.17) is 15.2 Å². The number of carbonyl (C=O) groups excluding carboxylic acids is 1. The van der Waals surface area contributed by atoms with Gasteiger partial charge < -0.3 is 15.2 Å². The highest BCUT2D eigenvalue weighted by Crippen LogP contribution is 2.37. The molecular formula is C24H23F2N5O3. The Labute approximate surface area is 195 Å². The van der Waals surface area contributed by atoms with Crippen molar-refractivity contribution in [1.82, 2.24) is 4.98 Å². The van der Waals surface area contributed by atoms with Crippen molar-refractivity contribution < 1.29 is 23.0 Å². The smallest absolute Gasteiger partial charge is 0.335 e. The monoisotopic (exact) mass is 467 g/mol. The quantitative estimate of drug-likeness (QED) is 0.404. The second-order valence-electron chi connectivity index (χ2n) is 7.44. The van der Waals surface area contributed by atoms with E-state index in [1.54, 1.807) is 73.8 Å². The molecule has 0 spiro atoms. The zero-order chi connectivity index (χ0) is 24.2. The molecule has 0 radical (unpaired) electrons. The lowest BCUT2D eigenvalue weighted by atomic mass is 10.1. The number of benzene rings is 2. The first kappa shape index (κ1) is 23.0. The minimum Gasteiger partial charge on any atom is -0.497 e. The molecule has 8 nitrogen and oxygen atoms in total. The van der Waals surface area contributed by atoms with E-state index in [0.717, 1.165) is 0 Å². The van der Waals surface area contributed by atoms with Gasteiger partial charge in [0.05, 0.1) is 19.3 Å². The number of nitrogens with zero attached hydrogens (tertiary/aromatic N) is 4. The van der Waals surface area contributed by atoms with E-state index in [0.29, 0.717) is 39.8 Å². The fourth-order valence-corrected chi connectivity index (χ4v) is 3.60. The average molecular weight is 467 g/mol. The summed E-state index contributed by atoms with van der Waals surface area (Å²) >= 11 is 0. The lowest BCUT2D eigenvalue weighted by Crippen LogP contribution is -2.45. The zero-order valence-corrected chi connectivity index (χ0v) is 18.6. The summed E-state index contributed by atoms with van der Waals surface area (Å²) in [5.74, 6) is 0.936. The topological polar surface area (TPSA) is 93.3 Å². The molecule has 2 N–H and O–H groups in total. The second-order valence-corrected chi connectivity index (χ2v) is 7.44. The third-order valence-corrected chi connectivity index (χ3v) is 5.23. The van der Waals surface area contributed by atoms with Crippen molar-refractivity contribution in [3.8, 4) is 11.6 Å². The van der Waals surface area contributed by atoms with Gasteiger partial charge in [-0.05, 0) is 48.5 Å². The number of hydrogen-bond donors (Lipinski definition) is 1. The van der Waals surface area contributed by atoms with Crippen molar-refractivity contribution in [3.05, 3.63) is 65.7 Å². The maximum absolute atomic E-state index is 13.7. The Bertz CT molecular complexity index is 1220. The molecule has 34 heavy (non-hydrogen) atoms. The first-order chi connectivity index (χ1) is 16.4. The van der Waals surface area contributed by atoms with Gasteiger partial charge in [-0.2, -0.15) is 4.98 Å². The van der Waals surface area contributed by atoms with Gasteiger partial charge in [-0.15, -0.1) is 0 Å². The molecule has 1 aliphatic rings. The van der Waals surface area contributed by atoms with Crippen LogP contribution < -0.4 is 25.0 Å². The number of aliphatic imine (C=N–C) groups is 1. The predicted molar refractivity (Wildman–Crippen MR) is 127 cm³/mol. The van der Waals surface area contributed by atoms with Gasteiger partial charge in [0.2, 0.25) is 5.88 Å². The molecule has 0 unspecified atom stereocenters. The Kier molecular flexibility index (Phi) is 6.58. The molecule has 0 bridgehead atoms. The molecule has 176 valence electrons. The number of hydrogen-bond acceptors (Lipinski definition) is 6. The highest BCUT2D eigenvalue weighted by atomic mass is 19.3. The molecule has 2 heterocycles. The number of aromatic nitrogens is 1. The van der Waals surface area contributed by atoms with Gasteiger partial charge in [0.15, 0.2) is 6.61 Å². The van der Waals surface area contributed by atoms with Crippen LogP contribution in [0.15, 0.2) is 59.6 Å². The molecule has 2 aromatic carbocycles. The summed E-state index contributed by atoms with van der Waals surface area (Å²) in [6.07, 6.45) is -1.02. The van der Waals surface area contributed by atoms with Crippen LogP contribution in [0.4, 0.5) is 36.5 Å². The van der Waals surface area contributed by atoms with Crippen LogP contribution in [-0.2, 0) is 6.54 Å². The number of halogens is 2. The minimum absolute atomic E-state index is 0.00717. The molecule has 1 aromatic heterocycles. The van der Waals surface area contributed by atoms with E-state index in [9.17, 15) is 13.6 Å². The number of urea groups is 1. The molecule has 0 saturated heterocycles. The number of carbonyl (C=O) groups is 1. The molecule has 2 amide bonds. The molecule has 1 aliphatic heterocycles. The number of nitrogens with two attached hydrogens (primary N) is 1. The molecule has 4 rings (SSSR count). The Morgan fingerprint density at radius 3 is 2.56 bits per heavy atom. The number of anilines is 4. The van der Waals surface area contributed by atoms with Crippen LogP contribution in [0.1, 0.15) is 11.1 Å². The molecular weight excluding hydrogens is 444 g/mol. The molecule has 0 aliphatic carbocycles. The van der Waals surface area contributed by atoms with Gasteiger partial charge in [0, 0.05) is 41.8 Å². The number of methoxy groups -OCH3 is 1. The molecule has 0 atom stereocenters. The number of ether oxygens (including phenoxy) is 2. The van der Waals surface area contributed by atoms with Crippen molar-refractivity contribution in [2.24, 2.45) is 4.99 Å². The Hall–Kier alpha value is -4.21. The van der Waals surface area contributed by atoms with Crippen LogP contribution in [0.3, 0.4) is 0 Å². The zero-order valence-electron chi connectivity index (χ0n) is 18.6. The van der Waals surface area contributed by atoms with Crippen molar-refractivity contribution in [3.63, 3.8) is 0 Å². The van der Waals surface area contributed by atoms with E-state index in [1.165, 1.54) is 11.0 Å². The summed E-state index contributed by atoms with van der Waals surface area (Å²) in [4.78, 5) is 25.1. The van der Waals surface area contributed by atoms with Crippen LogP contribution in [0.25, 0.3) is 0 Å². The SMILES string of the molecule is CN=Cc1cc(N2Cc3ccc(OCC(F)F)nc3N(c3ccc(OC)cc3)C2=O)ccc1N. The number of pyridine rings is 1.